The Morgan fingerprint density at radius 3 is 2.55 bits per heavy atom. The van der Waals surface area contributed by atoms with Crippen LogP contribution in [0.1, 0.15) is 11.1 Å². The molecule has 0 fully saturated rings. The number of nitrogens with one attached hydrogen (secondary N) is 1. The van der Waals surface area contributed by atoms with Crippen molar-refractivity contribution in [3.05, 3.63) is 94.5 Å². The fourth-order valence-corrected chi connectivity index (χ4v) is 2.57. The number of ether oxygens (including phenoxy) is 1. The number of benzene rings is 2. The quantitative estimate of drug-likeness (QED) is 0.461. The summed E-state index contributed by atoms with van der Waals surface area (Å²) in [6.07, 6.45) is 4.84. The predicted molar refractivity (Wildman–Crippen MR) is 109 cm³/mol. The highest BCUT2D eigenvalue weighted by Gasteiger charge is 2.11. The summed E-state index contributed by atoms with van der Waals surface area (Å²) >= 11 is 5.70. The van der Waals surface area contributed by atoms with Crippen molar-refractivity contribution < 1.29 is 13.9 Å². The number of anilines is 1. The maximum atomic E-state index is 13.2. The largest absolute Gasteiger partial charge is 0.489 e. The first-order valence-electron chi connectivity index (χ1n) is 8.55. The lowest BCUT2D eigenvalue weighted by Gasteiger charge is -2.07. The molecule has 29 heavy (non-hydrogen) atoms. The van der Waals surface area contributed by atoms with Gasteiger partial charge >= 0.3 is 0 Å². The number of hydrogen-bond acceptors (Lipinski definition) is 4. The number of halogens is 2. The number of rotatable bonds is 6. The lowest BCUT2D eigenvalue weighted by molar-refractivity contribution is -0.112. The smallest absolute Gasteiger partial charge is 0.266 e. The van der Waals surface area contributed by atoms with E-state index in [2.05, 4.69) is 10.3 Å². The zero-order valence-electron chi connectivity index (χ0n) is 15.1. The zero-order chi connectivity index (χ0) is 20.6. The summed E-state index contributed by atoms with van der Waals surface area (Å²) in [4.78, 5) is 16.3. The molecule has 1 aromatic heterocycles. The topological polar surface area (TPSA) is 75.0 Å². The molecule has 3 rings (SSSR count). The second-order valence-electron chi connectivity index (χ2n) is 5.97. The van der Waals surface area contributed by atoms with Crippen LogP contribution in [0.25, 0.3) is 6.08 Å². The number of hydrogen-bond donors (Lipinski definition) is 1. The van der Waals surface area contributed by atoms with Gasteiger partial charge in [-0.2, -0.15) is 5.26 Å². The van der Waals surface area contributed by atoms with Crippen molar-refractivity contribution in [2.75, 3.05) is 5.32 Å². The number of carbonyl (C=O) groups is 1. The Kier molecular flexibility index (Phi) is 6.56. The van der Waals surface area contributed by atoms with E-state index >= 15 is 0 Å². The Hall–Kier alpha value is -3.69. The molecule has 0 saturated carbocycles. The van der Waals surface area contributed by atoms with E-state index in [0.717, 1.165) is 11.6 Å². The van der Waals surface area contributed by atoms with Crippen molar-refractivity contribution >= 4 is 29.3 Å². The molecule has 0 saturated heterocycles. The number of amides is 1. The molecule has 1 heterocycles. The molecular weight excluding hydrogens is 393 g/mol. The molecule has 0 atom stereocenters. The molecular formula is C22H15ClFN3O2. The van der Waals surface area contributed by atoms with E-state index in [0.29, 0.717) is 23.6 Å². The molecule has 0 unspecified atom stereocenters. The van der Waals surface area contributed by atoms with E-state index in [4.69, 9.17) is 16.3 Å². The Morgan fingerprint density at radius 1 is 1.17 bits per heavy atom. The van der Waals surface area contributed by atoms with Gasteiger partial charge < -0.3 is 10.1 Å². The predicted octanol–water partition coefficient (Wildman–Crippen LogP) is 5.00. The van der Waals surface area contributed by atoms with Crippen LogP contribution in [-0.4, -0.2) is 10.9 Å². The van der Waals surface area contributed by atoms with Gasteiger partial charge in [0.25, 0.3) is 5.91 Å². The Balaban J connectivity index is 1.65. The van der Waals surface area contributed by atoms with Gasteiger partial charge in [-0.3, -0.25) is 9.78 Å². The van der Waals surface area contributed by atoms with Gasteiger partial charge in [-0.05, 0) is 59.7 Å². The minimum absolute atomic E-state index is 0.101. The standard InChI is InChI=1S/C22H15ClFN3O2/c23-20-12-18(3-6-21(20)24)27-22(28)17(13-25)11-15-1-4-19(5-2-15)29-14-16-7-9-26-10-8-16/h1-12H,14H2,(H,27,28)/b17-11-. The molecule has 0 bridgehead atoms. The van der Waals surface area contributed by atoms with Gasteiger partial charge in [-0.1, -0.05) is 23.7 Å². The van der Waals surface area contributed by atoms with Gasteiger partial charge in [-0.25, -0.2) is 4.39 Å². The van der Waals surface area contributed by atoms with E-state index in [1.54, 1.807) is 36.7 Å². The highest BCUT2D eigenvalue weighted by atomic mass is 35.5. The van der Waals surface area contributed by atoms with Crippen LogP contribution in [0.3, 0.4) is 0 Å². The molecule has 1 N–H and O–H groups in total. The lowest BCUT2D eigenvalue weighted by Crippen LogP contribution is -2.13. The first kappa shape index (κ1) is 20.1. The van der Waals surface area contributed by atoms with Crippen molar-refractivity contribution in [2.24, 2.45) is 0 Å². The highest BCUT2D eigenvalue weighted by Crippen LogP contribution is 2.20. The molecule has 2 aromatic carbocycles. The van der Waals surface area contributed by atoms with E-state index in [1.807, 2.05) is 18.2 Å². The Morgan fingerprint density at radius 2 is 1.90 bits per heavy atom. The van der Waals surface area contributed by atoms with Crippen LogP contribution in [0.5, 0.6) is 5.75 Å². The maximum Gasteiger partial charge on any atom is 0.266 e. The second-order valence-corrected chi connectivity index (χ2v) is 6.37. The second kappa shape index (κ2) is 9.49. The normalized spacial score (nSPS) is 10.9. The fourth-order valence-electron chi connectivity index (χ4n) is 2.39. The molecule has 0 radical (unpaired) electrons. The van der Waals surface area contributed by atoms with Gasteiger partial charge in [0.15, 0.2) is 0 Å². The Bertz CT molecular complexity index is 1080. The van der Waals surface area contributed by atoms with Gasteiger partial charge in [0.1, 0.15) is 29.8 Å². The van der Waals surface area contributed by atoms with Crippen molar-refractivity contribution in [1.82, 2.24) is 4.98 Å². The van der Waals surface area contributed by atoms with Crippen LogP contribution in [0, 0.1) is 17.1 Å². The Labute approximate surface area is 172 Å². The van der Waals surface area contributed by atoms with Crippen LogP contribution >= 0.6 is 11.6 Å². The van der Waals surface area contributed by atoms with E-state index in [-0.39, 0.29) is 10.6 Å². The molecule has 0 aliphatic rings. The molecule has 3 aromatic rings. The molecule has 0 aliphatic carbocycles. The molecule has 144 valence electrons. The third-order valence-electron chi connectivity index (χ3n) is 3.89. The van der Waals surface area contributed by atoms with Gasteiger partial charge in [-0.15, -0.1) is 0 Å². The number of aromatic nitrogens is 1. The molecule has 0 aliphatic heterocycles. The van der Waals surface area contributed by atoms with Crippen molar-refractivity contribution in [1.29, 1.82) is 5.26 Å². The van der Waals surface area contributed by atoms with Gasteiger partial charge in [0.05, 0.1) is 5.02 Å². The number of pyridine rings is 1. The van der Waals surface area contributed by atoms with E-state index in [9.17, 15) is 14.4 Å². The average Bonchev–Trinajstić information content (AvgIpc) is 2.74. The summed E-state index contributed by atoms with van der Waals surface area (Å²) in [5.74, 6) is -0.553. The van der Waals surface area contributed by atoms with Crippen LogP contribution in [0.4, 0.5) is 10.1 Å². The summed E-state index contributed by atoms with van der Waals surface area (Å²) in [6.45, 7) is 0.407. The van der Waals surface area contributed by atoms with Gasteiger partial charge in [0.2, 0.25) is 0 Å². The minimum atomic E-state index is -0.617. The van der Waals surface area contributed by atoms with E-state index < -0.39 is 11.7 Å². The summed E-state index contributed by atoms with van der Waals surface area (Å²) in [5, 5.41) is 11.7. The third-order valence-corrected chi connectivity index (χ3v) is 4.18. The number of nitrogens with zero attached hydrogens (tertiary/aromatic N) is 2. The minimum Gasteiger partial charge on any atom is -0.489 e. The zero-order valence-corrected chi connectivity index (χ0v) is 15.9. The molecule has 1 amide bonds. The van der Waals surface area contributed by atoms with Crippen LogP contribution in [-0.2, 0) is 11.4 Å². The van der Waals surface area contributed by atoms with Crippen LogP contribution in [0.2, 0.25) is 5.02 Å². The van der Waals surface area contributed by atoms with Gasteiger partial charge in [0, 0.05) is 18.1 Å². The summed E-state index contributed by atoms with van der Waals surface area (Å²) in [6, 6.07) is 16.3. The van der Waals surface area contributed by atoms with E-state index in [1.165, 1.54) is 18.2 Å². The highest BCUT2D eigenvalue weighted by molar-refractivity contribution is 6.31. The van der Waals surface area contributed by atoms with Crippen LogP contribution < -0.4 is 10.1 Å². The lowest BCUT2D eigenvalue weighted by atomic mass is 10.1. The molecule has 0 spiro atoms. The SMILES string of the molecule is N#C/C(=C/c1ccc(OCc2ccncc2)cc1)C(=O)Nc1ccc(F)c(Cl)c1. The third kappa shape index (κ3) is 5.64. The van der Waals surface area contributed by atoms with Crippen molar-refractivity contribution in [3.8, 4) is 11.8 Å². The summed E-state index contributed by atoms with van der Waals surface area (Å²) in [7, 11) is 0. The summed E-state index contributed by atoms with van der Waals surface area (Å²) < 4.78 is 18.9. The average molecular weight is 408 g/mol. The fraction of sp³-hybridized carbons (Fsp3) is 0.0455. The molecule has 7 heteroatoms. The monoisotopic (exact) mass is 407 g/mol. The van der Waals surface area contributed by atoms with Crippen molar-refractivity contribution in [3.63, 3.8) is 0 Å². The molecule has 5 nitrogen and oxygen atoms in total. The maximum absolute atomic E-state index is 13.2. The number of carbonyl (C=O) groups excluding carboxylic acids is 1. The van der Waals surface area contributed by atoms with Crippen LogP contribution in [0.15, 0.2) is 72.6 Å². The number of nitriles is 1. The summed E-state index contributed by atoms with van der Waals surface area (Å²) in [5.41, 5.74) is 1.84. The first-order valence-corrected chi connectivity index (χ1v) is 8.93. The first-order chi connectivity index (χ1) is 14.0. The van der Waals surface area contributed by atoms with Crippen molar-refractivity contribution in [2.45, 2.75) is 6.61 Å².